The molecule has 2 aromatic rings. The molecule has 0 aliphatic heterocycles. The molecule has 0 amide bonds. The normalized spacial score (nSPS) is 12.4. The Labute approximate surface area is 99.8 Å². The Morgan fingerprint density at radius 1 is 1.12 bits per heavy atom. The Morgan fingerprint density at radius 2 is 1.88 bits per heavy atom. The SMILES string of the molecule is O[C@H](CCc1ccccn1)c1ccc(F)cc1. The van der Waals surface area contributed by atoms with E-state index in [0.29, 0.717) is 12.8 Å². The van der Waals surface area contributed by atoms with Gasteiger partial charge in [-0.05, 0) is 42.7 Å². The lowest BCUT2D eigenvalue weighted by molar-refractivity contribution is 0.167. The number of hydrogen-bond donors (Lipinski definition) is 1. The zero-order valence-electron chi connectivity index (χ0n) is 9.38. The monoisotopic (exact) mass is 231 g/mol. The molecule has 2 rings (SSSR count). The van der Waals surface area contributed by atoms with Crippen LogP contribution in [0.1, 0.15) is 23.8 Å². The van der Waals surface area contributed by atoms with Crippen molar-refractivity contribution in [2.24, 2.45) is 0 Å². The van der Waals surface area contributed by atoms with Crippen LogP contribution in [0.2, 0.25) is 0 Å². The average Bonchev–Trinajstić information content (AvgIpc) is 2.38. The van der Waals surface area contributed by atoms with Crippen LogP contribution in [0.15, 0.2) is 48.7 Å². The fourth-order valence-electron chi connectivity index (χ4n) is 1.68. The quantitative estimate of drug-likeness (QED) is 0.877. The van der Waals surface area contributed by atoms with Gasteiger partial charge in [0.1, 0.15) is 5.82 Å². The second-order valence-corrected chi connectivity index (χ2v) is 3.93. The smallest absolute Gasteiger partial charge is 0.123 e. The van der Waals surface area contributed by atoms with Crippen molar-refractivity contribution in [1.29, 1.82) is 0 Å². The van der Waals surface area contributed by atoms with Crippen LogP contribution in [0, 0.1) is 5.82 Å². The fourth-order valence-corrected chi connectivity index (χ4v) is 1.68. The van der Waals surface area contributed by atoms with E-state index in [1.165, 1.54) is 12.1 Å². The number of halogens is 1. The van der Waals surface area contributed by atoms with Gasteiger partial charge >= 0.3 is 0 Å². The Kier molecular flexibility index (Phi) is 3.83. The Morgan fingerprint density at radius 3 is 2.53 bits per heavy atom. The Hall–Kier alpha value is -1.74. The molecule has 0 aliphatic carbocycles. The van der Waals surface area contributed by atoms with Crippen molar-refractivity contribution < 1.29 is 9.50 Å². The van der Waals surface area contributed by atoms with Gasteiger partial charge in [0, 0.05) is 11.9 Å². The second-order valence-electron chi connectivity index (χ2n) is 3.93. The molecular formula is C14H14FNO. The zero-order chi connectivity index (χ0) is 12.1. The van der Waals surface area contributed by atoms with E-state index in [-0.39, 0.29) is 5.82 Å². The minimum Gasteiger partial charge on any atom is -0.388 e. The van der Waals surface area contributed by atoms with Crippen molar-refractivity contribution in [3.8, 4) is 0 Å². The van der Waals surface area contributed by atoms with Gasteiger partial charge in [0.2, 0.25) is 0 Å². The number of benzene rings is 1. The van der Waals surface area contributed by atoms with Gasteiger partial charge in [0.25, 0.3) is 0 Å². The van der Waals surface area contributed by atoms with E-state index in [0.717, 1.165) is 11.3 Å². The molecule has 0 radical (unpaired) electrons. The number of pyridine rings is 1. The zero-order valence-corrected chi connectivity index (χ0v) is 9.38. The van der Waals surface area contributed by atoms with Crippen LogP contribution in [-0.2, 0) is 6.42 Å². The van der Waals surface area contributed by atoms with Gasteiger partial charge in [-0.3, -0.25) is 4.98 Å². The van der Waals surface area contributed by atoms with E-state index in [1.54, 1.807) is 18.3 Å². The summed E-state index contributed by atoms with van der Waals surface area (Å²) in [6, 6.07) is 11.7. The first-order valence-corrected chi connectivity index (χ1v) is 5.59. The van der Waals surface area contributed by atoms with E-state index < -0.39 is 6.10 Å². The molecule has 1 atom stereocenters. The van der Waals surface area contributed by atoms with Gasteiger partial charge in [0.15, 0.2) is 0 Å². The minimum absolute atomic E-state index is 0.286. The number of nitrogens with zero attached hydrogens (tertiary/aromatic N) is 1. The standard InChI is InChI=1S/C14H14FNO/c15-12-6-4-11(5-7-12)14(17)9-8-13-3-1-2-10-16-13/h1-7,10,14,17H,8-9H2/t14-/m1/s1. The summed E-state index contributed by atoms with van der Waals surface area (Å²) >= 11 is 0. The van der Waals surface area contributed by atoms with E-state index in [4.69, 9.17) is 0 Å². The average molecular weight is 231 g/mol. The second kappa shape index (κ2) is 5.55. The first-order chi connectivity index (χ1) is 8.25. The van der Waals surface area contributed by atoms with Gasteiger partial charge < -0.3 is 5.11 Å². The van der Waals surface area contributed by atoms with Gasteiger partial charge in [-0.1, -0.05) is 18.2 Å². The number of aliphatic hydroxyl groups is 1. The summed E-state index contributed by atoms with van der Waals surface area (Å²) in [5, 5.41) is 9.92. The minimum atomic E-state index is -0.572. The molecule has 0 fully saturated rings. The van der Waals surface area contributed by atoms with Crippen molar-refractivity contribution in [3.05, 3.63) is 65.7 Å². The molecule has 1 N–H and O–H groups in total. The summed E-state index contributed by atoms with van der Waals surface area (Å²) in [5.74, 6) is -0.286. The predicted molar refractivity (Wildman–Crippen MR) is 63.9 cm³/mol. The lowest BCUT2D eigenvalue weighted by atomic mass is 10.0. The third-order valence-corrected chi connectivity index (χ3v) is 2.65. The van der Waals surface area contributed by atoms with Crippen LogP contribution >= 0.6 is 0 Å². The van der Waals surface area contributed by atoms with Gasteiger partial charge in [0.05, 0.1) is 6.10 Å². The number of rotatable bonds is 4. The Balaban J connectivity index is 1.93. The molecule has 17 heavy (non-hydrogen) atoms. The van der Waals surface area contributed by atoms with E-state index in [2.05, 4.69) is 4.98 Å². The maximum atomic E-state index is 12.7. The highest BCUT2D eigenvalue weighted by atomic mass is 19.1. The molecule has 1 heterocycles. The van der Waals surface area contributed by atoms with Crippen molar-refractivity contribution in [3.63, 3.8) is 0 Å². The van der Waals surface area contributed by atoms with Gasteiger partial charge in [-0.15, -0.1) is 0 Å². The van der Waals surface area contributed by atoms with Crippen LogP contribution in [0.3, 0.4) is 0 Å². The molecule has 3 heteroatoms. The predicted octanol–water partition coefficient (Wildman–Crippen LogP) is 2.89. The summed E-state index contributed by atoms with van der Waals surface area (Å²) in [5.41, 5.74) is 1.69. The lowest BCUT2D eigenvalue weighted by Crippen LogP contribution is -2.00. The topological polar surface area (TPSA) is 33.1 Å². The molecule has 0 spiro atoms. The summed E-state index contributed by atoms with van der Waals surface area (Å²) in [7, 11) is 0. The van der Waals surface area contributed by atoms with E-state index >= 15 is 0 Å². The molecule has 1 aromatic heterocycles. The first kappa shape index (κ1) is 11.7. The summed E-state index contributed by atoms with van der Waals surface area (Å²) < 4.78 is 12.7. The van der Waals surface area contributed by atoms with E-state index in [1.807, 2.05) is 18.2 Å². The maximum Gasteiger partial charge on any atom is 0.123 e. The van der Waals surface area contributed by atoms with Crippen molar-refractivity contribution in [2.45, 2.75) is 18.9 Å². The Bertz CT molecular complexity index is 455. The highest BCUT2D eigenvalue weighted by Gasteiger charge is 2.07. The van der Waals surface area contributed by atoms with Crippen LogP contribution in [0.4, 0.5) is 4.39 Å². The molecule has 0 saturated heterocycles. The van der Waals surface area contributed by atoms with Crippen molar-refractivity contribution in [2.75, 3.05) is 0 Å². The molecule has 0 aliphatic rings. The summed E-state index contributed by atoms with van der Waals surface area (Å²) in [6.07, 6.45) is 2.46. The molecule has 2 nitrogen and oxygen atoms in total. The van der Waals surface area contributed by atoms with Gasteiger partial charge in [-0.2, -0.15) is 0 Å². The number of aliphatic hydroxyl groups excluding tert-OH is 1. The largest absolute Gasteiger partial charge is 0.388 e. The summed E-state index contributed by atoms with van der Waals surface area (Å²) in [6.45, 7) is 0. The van der Waals surface area contributed by atoms with Crippen LogP contribution < -0.4 is 0 Å². The highest BCUT2D eigenvalue weighted by molar-refractivity contribution is 5.18. The summed E-state index contributed by atoms with van der Waals surface area (Å²) in [4.78, 5) is 4.19. The van der Waals surface area contributed by atoms with Crippen LogP contribution in [0.25, 0.3) is 0 Å². The van der Waals surface area contributed by atoms with Crippen LogP contribution in [0.5, 0.6) is 0 Å². The molecule has 88 valence electrons. The molecule has 0 unspecified atom stereocenters. The number of aromatic nitrogens is 1. The third-order valence-electron chi connectivity index (χ3n) is 2.65. The first-order valence-electron chi connectivity index (χ1n) is 5.59. The third kappa shape index (κ3) is 3.36. The lowest BCUT2D eigenvalue weighted by Gasteiger charge is -2.10. The molecule has 0 saturated carbocycles. The van der Waals surface area contributed by atoms with E-state index in [9.17, 15) is 9.50 Å². The molecular weight excluding hydrogens is 217 g/mol. The van der Waals surface area contributed by atoms with Gasteiger partial charge in [-0.25, -0.2) is 4.39 Å². The molecule has 0 bridgehead atoms. The number of aryl methyl sites for hydroxylation is 1. The highest BCUT2D eigenvalue weighted by Crippen LogP contribution is 2.18. The van der Waals surface area contributed by atoms with Crippen molar-refractivity contribution >= 4 is 0 Å². The van der Waals surface area contributed by atoms with Crippen LogP contribution in [-0.4, -0.2) is 10.1 Å². The fraction of sp³-hybridized carbons (Fsp3) is 0.214. The molecule has 1 aromatic carbocycles. The maximum absolute atomic E-state index is 12.7. The number of hydrogen-bond acceptors (Lipinski definition) is 2. The van der Waals surface area contributed by atoms with Crippen molar-refractivity contribution in [1.82, 2.24) is 4.98 Å².